The summed E-state index contributed by atoms with van der Waals surface area (Å²) in [5.74, 6) is 0.859. The van der Waals surface area contributed by atoms with Gasteiger partial charge in [-0.2, -0.15) is 15.3 Å². The number of anilines is 2. The fourth-order valence-corrected chi connectivity index (χ4v) is 4.30. The van der Waals surface area contributed by atoms with Crippen molar-refractivity contribution >= 4 is 22.7 Å². The molecule has 10 nitrogen and oxygen atoms in total. The number of nitrogens with zero attached hydrogens (tertiary/aromatic N) is 7. The predicted octanol–water partition coefficient (Wildman–Crippen LogP) is 3.27. The number of benzene rings is 1. The second-order valence-corrected chi connectivity index (χ2v) is 8.33. The molecule has 3 aromatic heterocycles. The maximum Gasteiger partial charge on any atom is 0.262 e. The zero-order valence-electron chi connectivity index (χ0n) is 19.3. The molecule has 2 atom stereocenters. The van der Waals surface area contributed by atoms with Crippen molar-refractivity contribution in [3.8, 4) is 17.2 Å². The van der Waals surface area contributed by atoms with Crippen molar-refractivity contribution in [2.24, 2.45) is 7.05 Å². The summed E-state index contributed by atoms with van der Waals surface area (Å²) in [4.78, 5) is 27.1. The second-order valence-electron chi connectivity index (χ2n) is 8.33. The molecule has 0 saturated heterocycles. The number of fused-ring (bicyclic) bond motifs is 1. The van der Waals surface area contributed by atoms with Crippen LogP contribution in [0.1, 0.15) is 36.8 Å². The van der Waals surface area contributed by atoms with Crippen molar-refractivity contribution in [3.63, 3.8) is 0 Å². The van der Waals surface area contributed by atoms with E-state index in [1.54, 1.807) is 15.4 Å². The molecule has 0 spiro atoms. The fraction of sp³-hybridized carbons (Fsp3) is 0.200. The molecule has 1 aromatic carbocycles. The summed E-state index contributed by atoms with van der Waals surface area (Å²) in [6, 6.07) is 7.01. The molecule has 4 aromatic rings. The Labute approximate surface area is 201 Å². The molecule has 0 aliphatic heterocycles. The number of hydrogen-bond donors (Lipinski definition) is 2. The van der Waals surface area contributed by atoms with Crippen LogP contribution >= 0.6 is 0 Å². The van der Waals surface area contributed by atoms with Gasteiger partial charge < -0.3 is 11.1 Å². The highest BCUT2D eigenvalue weighted by Gasteiger charge is 2.24. The van der Waals surface area contributed by atoms with Crippen LogP contribution in [0.4, 0.5) is 11.8 Å². The Morgan fingerprint density at radius 1 is 1.26 bits per heavy atom. The molecule has 35 heavy (non-hydrogen) atoms. The average Bonchev–Trinajstić information content (AvgIpc) is 3.30. The summed E-state index contributed by atoms with van der Waals surface area (Å²) in [6.45, 7) is 1.87. The van der Waals surface area contributed by atoms with E-state index in [4.69, 9.17) is 10.7 Å². The molecule has 0 amide bonds. The Hall–Kier alpha value is -4.78. The molecule has 3 heterocycles. The highest BCUT2D eigenvalue weighted by atomic mass is 16.1. The van der Waals surface area contributed by atoms with Crippen molar-refractivity contribution in [2.75, 3.05) is 11.1 Å². The van der Waals surface area contributed by atoms with Crippen molar-refractivity contribution in [2.45, 2.75) is 25.4 Å². The van der Waals surface area contributed by atoms with E-state index in [1.807, 2.05) is 62.7 Å². The Morgan fingerprint density at radius 2 is 2.11 bits per heavy atom. The summed E-state index contributed by atoms with van der Waals surface area (Å²) < 4.78 is 3.42. The number of nitrogens with two attached hydrogens (primary N) is 1. The SMILES string of the molecule is CC(Nc1nc(N)ncc1C#N)c1nc2cccc(-c3cnn(C)c3)c2c(=O)n1C1C=CC=CC1. The van der Waals surface area contributed by atoms with E-state index in [-0.39, 0.29) is 28.9 Å². The van der Waals surface area contributed by atoms with Gasteiger partial charge in [-0.05, 0) is 25.0 Å². The first-order chi connectivity index (χ1) is 17.0. The number of allylic oxidation sites excluding steroid dienone is 4. The van der Waals surface area contributed by atoms with Crippen molar-refractivity contribution in [1.29, 1.82) is 5.26 Å². The highest BCUT2D eigenvalue weighted by molar-refractivity contribution is 5.93. The first-order valence-electron chi connectivity index (χ1n) is 11.1. The number of nitriles is 1. The molecule has 0 radical (unpaired) electrons. The van der Waals surface area contributed by atoms with Crippen LogP contribution in [0.5, 0.6) is 0 Å². The van der Waals surface area contributed by atoms with Crippen LogP contribution in [0.15, 0.2) is 65.9 Å². The van der Waals surface area contributed by atoms with E-state index in [9.17, 15) is 10.1 Å². The van der Waals surface area contributed by atoms with Crippen LogP contribution in [0.2, 0.25) is 0 Å². The summed E-state index contributed by atoms with van der Waals surface area (Å²) in [6.07, 6.45) is 13.5. The molecule has 5 rings (SSSR count). The minimum absolute atomic E-state index is 0.0454. The molecular weight excluding hydrogens is 442 g/mol. The number of nitrogens with one attached hydrogen (secondary N) is 1. The lowest BCUT2D eigenvalue weighted by Crippen LogP contribution is -2.32. The third-order valence-electron chi connectivity index (χ3n) is 5.93. The number of aromatic nitrogens is 6. The van der Waals surface area contributed by atoms with Crippen LogP contribution < -0.4 is 16.6 Å². The monoisotopic (exact) mass is 465 g/mol. The van der Waals surface area contributed by atoms with Gasteiger partial charge in [0.25, 0.3) is 5.56 Å². The predicted molar refractivity (Wildman–Crippen MR) is 133 cm³/mol. The van der Waals surface area contributed by atoms with Gasteiger partial charge in [0.15, 0.2) is 0 Å². The number of aryl methyl sites for hydroxylation is 1. The lowest BCUT2D eigenvalue weighted by molar-refractivity contribution is 0.532. The van der Waals surface area contributed by atoms with Crippen LogP contribution in [0.3, 0.4) is 0 Å². The Kier molecular flexibility index (Phi) is 5.58. The zero-order valence-corrected chi connectivity index (χ0v) is 19.3. The fourth-order valence-electron chi connectivity index (χ4n) is 4.30. The summed E-state index contributed by atoms with van der Waals surface area (Å²) >= 11 is 0. The van der Waals surface area contributed by atoms with Crippen LogP contribution in [0.25, 0.3) is 22.0 Å². The van der Waals surface area contributed by atoms with E-state index in [1.165, 1.54) is 6.20 Å². The van der Waals surface area contributed by atoms with Gasteiger partial charge in [-0.3, -0.25) is 14.0 Å². The third-order valence-corrected chi connectivity index (χ3v) is 5.93. The number of hydrogen-bond acceptors (Lipinski definition) is 8. The smallest absolute Gasteiger partial charge is 0.262 e. The molecule has 0 saturated carbocycles. The quantitative estimate of drug-likeness (QED) is 0.458. The molecule has 0 bridgehead atoms. The Balaban J connectivity index is 1.71. The summed E-state index contributed by atoms with van der Waals surface area (Å²) in [5, 5.41) is 17.5. The van der Waals surface area contributed by atoms with Gasteiger partial charge in [-0.15, -0.1) is 0 Å². The number of nitrogen functional groups attached to an aromatic ring is 1. The second kappa shape index (κ2) is 8.87. The van der Waals surface area contributed by atoms with E-state index in [0.29, 0.717) is 23.1 Å². The zero-order chi connectivity index (χ0) is 24.5. The molecule has 3 N–H and O–H groups in total. The minimum Gasteiger partial charge on any atom is -0.368 e. The largest absolute Gasteiger partial charge is 0.368 e. The minimum atomic E-state index is -0.463. The molecule has 0 fully saturated rings. The molecule has 1 aliphatic rings. The van der Waals surface area contributed by atoms with Gasteiger partial charge >= 0.3 is 0 Å². The third kappa shape index (κ3) is 4.04. The van der Waals surface area contributed by atoms with Gasteiger partial charge in [-0.25, -0.2) is 9.97 Å². The van der Waals surface area contributed by atoms with Gasteiger partial charge in [-0.1, -0.05) is 36.4 Å². The summed E-state index contributed by atoms with van der Waals surface area (Å²) in [7, 11) is 1.84. The van der Waals surface area contributed by atoms with E-state index in [2.05, 4.69) is 26.5 Å². The first kappa shape index (κ1) is 22.0. The molecule has 1 aliphatic carbocycles. The van der Waals surface area contributed by atoms with Crippen molar-refractivity contribution in [3.05, 3.63) is 82.8 Å². The lowest BCUT2D eigenvalue weighted by Gasteiger charge is -2.25. The number of rotatable bonds is 5. The molecular formula is C25H23N9O. The Bertz CT molecular complexity index is 1590. The topological polar surface area (TPSA) is 140 Å². The average molecular weight is 466 g/mol. The van der Waals surface area contributed by atoms with Gasteiger partial charge in [0.1, 0.15) is 23.3 Å². The molecule has 174 valence electrons. The van der Waals surface area contributed by atoms with Gasteiger partial charge in [0, 0.05) is 18.8 Å². The van der Waals surface area contributed by atoms with Crippen LogP contribution in [-0.4, -0.2) is 29.3 Å². The van der Waals surface area contributed by atoms with Crippen LogP contribution in [-0.2, 0) is 7.05 Å². The maximum absolute atomic E-state index is 14.1. The van der Waals surface area contributed by atoms with Gasteiger partial charge in [0.2, 0.25) is 5.95 Å². The van der Waals surface area contributed by atoms with E-state index >= 15 is 0 Å². The van der Waals surface area contributed by atoms with Crippen molar-refractivity contribution < 1.29 is 0 Å². The van der Waals surface area contributed by atoms with Crippen molar-refractivity contribution in [1.82, 2.24) is 29.3 Å². The maximum atomic E-state index is 14.1. The normalized spacial score (nSPS) is 15.7. The van der Waals surface area contributed by atoms with E-state index < -0.39 is 6.04 Å². The standard InChI is InChI=1S/C25H23N9O/c1-15(30-22-16(11-26)12-28-25(27)32-22)23-31-20-10-6-9-19(17-13-29-33(2)14-17)21(20)24(35)34(23)18-7-4-3-5-8-18/h3-7,9-10,12-15,18H,8H2,1-2H3,(H3,27,28,30,32). The van der Waals surface area contributed by atoms with Gasteiger partial charge in [0.05, 0.1) is 35.4 Å². The lowest BCUT2D eigenvalue weighted by atomic mass is 10.0. The van der Waals surface area contributed by atoms with Crippen LogP contribution in [0, 0.1) is 11.3 Å². The first-order valence-corrected chi connectivity index (χ1v) is 11.1. The highest BCUT2D eigenvalue weighted by Crippen LogP contribution is 2.29. The molecule has 10 heteroatoms. The van der Waals surface area contributed by atoms with E-state index in [0.717, 1.165) is 11.1 Å². The summed E-state index contributed by atoms with van der Waals surface area (Å²) in [5.41, 5.74) is 8.05. The Morgan fingerprint density at radius 3 is 2.83 bits per heavy atom. The molecule has 2 unspecified atom stereocenters.